The van der Waals surface area contributed by atoms with Crippen LogP contribution in [-0.4, -0.2) is 38.7 Å². The van der Waals surface area contributed by atoms with Crippen LogP contribution in [0.2, 0.25) is 0 Å². The molecule has 0 bridgehead atoms. The van der Waals surface area contributed by atoms with E-state index in [1.165, 1.54) is 0 Å². The van der Waals surface area contributed by atoms with Gasteiger partial charge in [0, 0.05) is 24.8 Å². The Morgan fingerprint density at radius 3 is 2.58 bits per heavy atom. The summed E-state index contributed by atoms with van der Waals surface area (Å²) in [5.41, 5.74) is 1.86. The van der Waals surface area contributed by atoms with Gasteiger partial charge in [-0.1, -0.05) is 26.0 Å². The van der Waals surface area contributed by atoms with Crippen molar-refractivity contribution in [1.29, 1.82) is 0 Å². The van der Waals surface area contributed by atoms with Crippen molar-refractivity contribution >= 4 is 23.3 Å². The Morgan fingerprint density at radius 1 is 1.18 bits per heavy atom. The fraction of sp³-hybridized carbons (Fsp3) is 0.462. The molecule has 7 nitrogen and oxygen atoms in total. The monoisotopic (exact) mass is 453 g/mol. The van der Waals surface area contributed by atoms with E-state index in [0.717, 1.165) is 23.4 Å². The van der Waals surface area contributed by atoms with Crippen LogP contribution in [0.25, 0.3) is 0 Å². The highest BCUT2D eigenvalue weighted by Crippen LogP contribution is 2.38. The average Bonchev–Trinajstić information content (AvgIpc) is 2.87. The summed E-state index contributed by atoms with van der Waals surface area (Å²) in [5.74, 6) is 1.95. The Labute approximate surface area is 196 Å². The smallest absolute Gasteiger partial charge is 0.319 e. The number of nitrogens with zero attached hydrogens (tertiary/aromatic N) is 1. The molecule has 3 amide bonds. The highest BCUT2D eigenvalue weighted by atomic mass is 16.5. The van der Waals surface area contributed by atoms with Crippen molar-refractivity contribution in [3.63, 3.8) is 0 Å². The summed E-state index contributed by atoms with van der Waals surface area (Å²) in [6.45, 7) is 9.52. The van der Waals surface area contributed by atoms with Gasteiger partial charge >= 0.3 is 6.03 Å². The van der Waals surface area contributed by atoms with E-state index >= 15 is 0 Å². The Bertz CT molecular complexity index is 970. The summed E-state index contributed by atoms with van der Waals surface area (Å²) in [4.78, 5) is 27.3. The molecular weight excluding hydrogens is 418 g/mol. The molecule has 2 aromatic rings. The molecule has 0 fully saturated rings. The fourth-order valence-electron chi connectivity index (χ4n) is 3.62. The van der Waals surface area contributed by atoms with Gasteiger partial charge in [-0.3, -0.25) is 4.79 Å². The molecule has 0 aliphatic carbocycles. The van der Waals surface area contributed by atoms with Crippen molar-refractivity contribution in [2.45, 2.75) is 40.5 Å². The molecule has 178 valence electrons. The molecule has 0 unspecified atom stereocenters. The van der Waals surface area contributed by atoms with Crippen molar-refractivity contribution in [3.8, 4) is 11.5 Å². The lowest BCUT2D eigenvalue weighted by Crippen LogP contribution is -2.42. The molecule has 0 saturated carbocycles. The summed E-state index contributed by atoms with van der Waals surface area (Å²) in [7, 11) is 1.64. The highest BCUT2D eigenvalue weighted by Gasteiger charge is 2.37. The van der Waals surface area contributed by atoms with Crippen LogP contribution in [0, 0.1) is 11.3 Å². The number of fused-ring (bicyclic) bond motifs is 1. The number of nitrogens with one attached hydrogen (secondary N) is 2. The van der Waals surface area contributed by atoms with Gasteiger partial charge in [0.1, 0.15) is 18.1 Å². The van der Waals surface area contributed by atoms with Crippen LogP contribution in [0.3, 0.4) is 0 Å². The standard InChI is InChI=1S/C26H35N3O4/c1-18(2)13-15-29-22-11-8-20(16-23(22)33-17-26(3,4)24(29)30)28-25(31)27-14-12-19-6-9-21(32-5)10-7-19/h6-11,16,18H,12-15,17H2,1-5H3,(H2,27,28,31). The van der Waals surface area contributed by atoms with Crippen LogP contribution < -0.4 is 25.0 Å². The van der Waals surface area contributed by atoms with E-state index in [9.17, 15) is 9.59 Å². The second-order valence-corrected chi connectivity index (χ2v) is 9.47. The van der Waals surface area contributed by atoms with Gasteiger partial charge in [-0.05, 0) is 62.4 Å². The first kappa shape index (κ1) is 24.4. The fourth-order valence-corrected chi connectivity index (χ4v) is 3.62. The molecule has 1 heterocycles. The molecule has 0 atom stereocenters. The van der Waals surface area contributed by atoms with Crippen molar-refractivity contribution in [2.24, 2.45) is 11.3 Å². The van der Waals surface area contributed by atoms with Gasteiger partial charge in [0.15, 0.2) is 0 Å². The number of ether oxygens (including phenoxy) is 2. The van der Waals surface area contributed by atoms with Crippen LogP contribution in [-0.2, 0) is 11.2 Å². The van der Waals surface area contributed by atoms with Gasteiger partial charge in [-0.2, -0.15) is 0 Å². The molecule has 0 saturated heterocycles. The Balaban J connectivity index is 1.63. The summed E-state index contributed by atoms with van der Waals surface area (Å²) in [5, 5.41) is 5.74. The maximum atomic E-state index is 13.1. The topological polar surface area (TPSA) is 79.9 Å². The number of amides is 3. The van der Waals surface area contributed by atoms with Crippen molar-refractivity contribution < 1.29 is 19.1 Å². The molecule has 1 aliphatic heterocycles. The highest BCUT2D eigenvalue weighted by molar-refractivity contribution is 6.00. The lowest BCUT2D eigenvalue weighted by Gasteiger charge is -2.28. The minimum Gasteiger partial charge on any atom is -0.497 e. The number of carbonyl (C=O) groups is 2. The van der Waals surface area contributed by atoms with Gasteiger partial charge in [-0.15, -0.1) is 0 Å². The predicted molar refractivity (Wildman–Crippen MR) is 131 cm³/mol. The van der Waals surface area contributed by atoms with E-state index < -0.39 is 5.41 Å². The van der Waals surface area contributed by atoms with Crippen LogP contribution in [0.15, 0.2) is 42.5 Å². The molecule has 1 aliphatic rings. The number of methoxy groups -OCH3 is 1. The van der Waals surface area contributed by atoms with Crippen LogP contribution in [0.4, 0.5) is 16.2 Å². The zero-order valence-corrected chi connectivity index (χ0v) is 20.2. The number of urea groups is 1. The maximum absolute atomic E-state index is 13.1. The third-order valence-electron chi connectivity index (χ3n) is 5.71. The van der Waals surface area contributed by atoms with Gasteiger partial charge in [0.25, 0.3) is 0 Å². The van der Waals surface area contributed by atoms with Gasteiger partial charge in [-0.25, -0.2) is 4.79 Å². The predicted octanol–water partition coefficient (Wildman–Crippen LogP) is 4.86. The first-order chi connectivity index (χ1) is 15.7. The van der Waals surface area contributed by atoms with Crippen molar-refractivity contribution in [1.82, 2.24) is 5.32 Å². The number of hydrogen-bond acceptors (Lipinski definition) is 4. The lowest BCUT2D eigenvalue weighted by molar-refractivity contribution is -0.127. The molecule has 2 N–H and O–H groups in total. The average molecular weight is 454 g/mol. The quantitative estimate of drug-likeness (QED) is 0.598. The normalized spacial score (nSPS) is 14.8. The Morgan fingerprint density at radius 2 is 1.91 bits per heavy atom. The third kappa shape index (κ3) is 6.40. The second kappa shape index (κ2) is 10.6. The Hall–Kier alpha value is -3.22. The number of hydrogen-bond donors (Lipinski definition) is 2. The Kier molecular flexibility index (Phi) is 7.84. The van der Waals surface area contributed by atoms with E-state index in [0.29, 0.717) is 36.9 Å². The van der Waals surface area contributed by atoms with Gasteiger partial charge in [0.2, 0.25) is 5.91 Å². The molecular formula is C26H35N3O4. The number of anilines is 2. The van der Waals surface area contributed by atoms with Gasteiger partial charge < -0.3 is 25.0 Å². The van der Waals surface area contributed by atoms with E-state index in [4.69, 9.17) is 9.47 Å². The van der Waals surface area contributed by atoms with Crippen molar-refractivity contribution in [3.05, 3.63) is 48.0 Å². The minimum atomic E-state index is -0.623. The van der Waals surface area contributed by atoms with Crippen LogP contribution in [0.1, 0.15) is 39.7 Å². The van der Waals surface area contributed by atoms with E-state index in [2.05, 4.69) is 24.5 Å². The third-order valence-corrected chi connectivity index (χ3v) is 5.71. The number of carbonyl (C=O) groups excluding carboxylic acids is 2. The SMILES string of the molecule is COc1ccc(CCNC(=O)Nc2ccc3c(c2)OCC(C)(C)C(=O)N3CCC(C)C)cc1. The van der Waals surface area contributed by atoms with E-state index in [1.54, 1.807) is 19.2 Å². The molecule has 3 rings (SSSR count). The molecule has 33 heavy (non-hydrogen) atoms. The second-order valence-electron chi connectivity index (χ2n) is 9.47. The molecule has 0 spiro atoms. The first-order valence-electron chi connectivity index (χ1n) is 11.5. The lowest BCUT2D eigenvalue weighted by atomic mass is 9.92. The minimum absolute atomic E-state index is 0.0545. The van der Waals surface area contributed by atoms with E-state index in [-0.39, 0.29) is 18.5 Å². The van der Waals surface area contributed by atoms with Crippen LogP contribution >= 0.6 is 0 Å². The van der Waals surface area contributed by atoms with E-state index in [1.807, 2.05) is 49.1 Å². The molecule has 7 heteroatoms. The first-order valence-corrected chi connectivity index (χ1v) is 11.5. The molecule has 2 aromatic carbocycles. The number of benzene rings is 2. The van der Waals surface area contributed by atoms with Crippen LogP contribution in [0.5, 0.6) is 11.5 Å². The summed E-state index contributed by atoms with van der Waals surface area (Å²) >= 11 is 0. The zero-order chi connectivity index (χ0) is 24.0. The number of rotatable bonds is 8. The largest absolute Gasteiger partial charge is 0.497 e. The zero-order valence-electron chi connectivity index (χ0n) is 20.2. The molecule has 0 radical (unpaired) electrons. The summed E-state index contributed by atoms with van der Waals surface area (Å²) in [6, 6.07) is 12.9. The maximum Gasteiger partial charge on any atom is 0.319 e. The van der Waals surface area contributed by atoms with Crippen molar-refractivity contribution in [2.75, 3.05) is 37.0 Å². The summed E-state index contributed by atoms with van der Waals surface area (Å²) in [6.07, 6.45) is 1.62. The summed E-state index contributed by atoms with van der Waals surface area (Å²) < 4.78 is 11.2. The van der Waals surface area contributed by atoms with Gasteiger partial charge in [0.05, 0.1) is 18.2 Å². The molecule has 0 aromatic heterocycles.